The second-order valence-corrected chi connectivity index (χ2v) is 12.0. The van der Waals surface area contributed by atoms with Gasteiger partial charge in [-0.2, -0.15) is 0 Å². The SMILES string of the molecule is O=C1CCSc2ccc(S(=O)(=O)Nc3cc(SC4CCCCC4)cc([N+](=O)[O-])c3)cc2N1. The third kappa shape index (κ3) is 5.57. The molecule has 1 fully saturated rings. The predicted molar refractivity (Wildman–Crippen MR) is 127 cm³/mol. The number of sulfonamides is 1. The molecule has 8 nitrogen and oxygen atoms in total. The van der Waals surface area contributed by atoms with Crippen LogP contribution < -0.4 is 10.0 Å². The fraction of sp³-hybridized carbons (Fsp3) is 0.381. The van der Waals surface area contributed by atoms with Crippen LogP contribution in [0.1, 0.15) is 38.5 Å². The Bertz CT molecular complexity index is 1150. The molecule has 0 bridgehead atoms. The van der Waals surface area contributed by atoms with Crippen LogP contribution in [0.25, 0.3) is 0 Å². The highest BCUT2D eigenvalue weighted by Gasteiger charge is 2.22. The monoisotopic (exact) mass is 493 g/mol. The number of thioether (sulfide) groups is 2. The minimum absolute atomic E-state index is 0.0213. The molecule has 0 atom stereocenters. The van der Waals surface area contributed by atoms with Crippen LogP contribution in [0.4, 0.5) is 17.1 Å². The van der Waals surface area contributed by atoms with E-state index in [-0.39, 0.29) is 22.2 Å². The first-order valence-corrected chi connectivity index (χ1v) is 13.7. The van der Waals surface area contributed by atoms with Crippen molar-refractivity contribution in [3.8, 4) is 0 Å². The van der Waals surface area contributed by atoms with E-state index >= 15 is 0 Å². The summed E-state index contributed by atoms with van der Waals surface area (Å²) in [6, 6.07) is 8.92. The molecule has 11 heteroatoms. The van der Waals surface area contributed by atoms with E-state index < -0.39 is 14.9 Å². The highest BCUT2D eigenvalue weighted by molar-refractivity contribution is 8.00. The number of anilines is 2. The van der Waals surface area contributed by atoms with Crippen LogP contribution in [0, 0.1) is 10.1 Å². The first kappa shape index (κ1) is 22.9. The summed E-state index contributed by atoms with van der Waals surface area (Å²) in [7, 11) is -4.01. The lowest BCUT2D eigenvalue weighted by molar-refractivity contribution is -0.385. The molecule has 2 aliphatic rings. The molecule has 0 saturated heterocycles. The van der Waals surface area contributed by atoms with Crippen molar-refractivity contribution in [2.24, 2.45) is 0 Å². The normalized spacial score (nSPS) is 17.2. The number of benzene rings is 2. The molecule has 1 aliphatic carbocycles. The Kier molecular flexibility index (Phi) is 6.96. The van der Waals surface area contributed by atoms with E-state index in [9.17, 15) is 23.3 Å². The average molecular weight is 494 g/mol. The van der Waals surface area contributed by atoms with Gasteiger partial charge in [0.2, 0.25) is 5.91 Å². The van der Waals surface area contributed by atoms with Crippen LogP contribution in [0.2, 0.25) is 0 Å². The van der Waals surface area contributed by atoms with Gasteiger partial charge in [0.05, 0.1) is 21.2 Å². The number of nitro benzene ring substituents is 1. The number of nitrogens with zero attached hydrogens (tertiary/aromatic N) is 1. The lowest BCUT2D eigenvalue weighted by atomic mass is 10.0. The molecule has 1 saturated carbocycles. The molecule has 0 aromatic heterocycles. The fourth-order valence-corrected chi connectivity index (χ4v) is 7.11. The Morgan fingerprint density at radius 2 is 1.91 bits per heavy atom. The van der Waals surface area contributed by atoms with Gasteiger partial charge in [0.1, 0.15) is 0 Å². The summed E-state index contributed by atoms with van der Waals surface area (Å²) in [6.07, 6.45) is 5.94. The zero-order valence-electron chi connectivity index (χ0n) is 17.2. The smallest absolute Gasteiger partial charge is 0.272 e. The Hall–Kier alpha value is -2.24. The molecule has 1 aliphatic heterocycles. The van der Waals surface area contributed by atoms with Crippen molar-refractivity contribution in [2.45, 2.75) is 58.5 Å². The quantitative estimate of drug-likeness (QED) is 0.416. The topological polar surface area (TPSA) is 118 Å². The van der Waals surface area contributed by atoms with Crippen LogP contribution >= 0.6 is 23.5 Å². The van der Waals surface area contributed by atoms with E-state index in [1.54, 1.807) is 23.9 Å². The van der Waals surface area contributed by atoms with Crippen molar-refractivity contribution in [3.05, 3.63) is 46.5 Å². The van der Waals surface area contributed by atoms with E-state index in [1.807, 2.05) is 0 Å². The van der Waals surface area contributed by atoms with Gasteiger partial charge >= 0.3 is 0 Å². The van der Waals surface area contributed by atoms with Crippen molar-refractivity contribution < 1.29 is 18.1 Å². The molecular weight excluding hydrogens is 470 g/mol. The molecule has 4 rings (SSSR count). The molecule has 0 radical (unpaired) electrons. The van der Waals surface area contributed by atoms with Gasteiger partial charge in [0, 0.05) is 39.3 Å². The molecule has 2 N–H and O–H groups in total. The number of carbonyl (C=O) groups is 1. The number of fused-ring (bicyclic) bond motifs is 1. The van der Waals surface area contributed by atoms with Crippen molar-refractivity contribution >= 4 is 56.5 Å². The van der Waals surface area contributed by atoms with Gasteiger partial charge in [0.15, 0.2) is 0 Å². The molecule has 0 spiro atoms. The van der Waals surface area contributed by atoms with Gasteiger partial charge in [0.25, 0.3) is 15.7 Å². The van der Waals surface area contributed by atoms with Gasteiger partial charge in [-0.05, 0) is 37.1 Å². The second kappa shape index (κ2) is 9.72. The summed E-state index contributed by atoms with van der Waals surface area (Å²) in [6.45, 7) is 0. The van der Waals surface area contributed by atoms with Crippen molar-refractivity contribution in [3.63, 3.8) is 0 Å². The standard InChI is InChI=1S/C21H23N3O5S3/c25-21-8-9-30-20-7-6-18(13-19(20)22-21)32(28,29)23-14-10-15(24(26)27)12-17(11-14)31-16-4-2-1-3-5-16/h6-7,10-13,16,23H,1-5,8-9H2,(H,22,25). The number of nitrogens with one attached hydrogen (secondary N) is 2. The largest absolute Gasteiger partial charge is 0.325 e. The van der Waals surface area contributed by atoms with Gasteiger partial charge in [-0.25, -0.2) is 8.42 Å². The maximum Gasteiger partial charge on any atom is 0.272 e. The number of carbonyl (C=O) groups excluding carboxylic acids is 1. The zero-order chi connectivity index (χ0) is 22.7. The van der Waals surface area contributed by atoms with E-state index in [2.05, 4.69) is 10.0 Å². The Balaban J connectivity index is 1.60. The molecular formula is C21H23N3O5S3. The van der Waals surface area contributed by atoms with Gasteiger partial charge in [-0.3, -0.25) is 19.6 Å². The van der Waals surface area contributed by atoms with Crippen LogP contribution in [-0.2, 0) is 14.8 Å². The van der Waals surface area contributed by atoms with Crippen molar-refractivity contribution in [1.29, 1.82) is 0 Å². The second-order valence-electron chi connectivity index (χ2n) is 7.76. The van der Waals surface area contributed by atoms with E-state index in [1.165, 1.54) is 42.4 Å². The van der Waals surface area contributed by atoms with Gasteiger partial charge in [-0.15, -0.1) is 23.5 Å². The van der Waals surface area contributed by atoms with Crippen LogP contribution in [0.5, 0.6) is 0 Å². The predicted octanol–water partition coefficient (Wildman–Crippen LogP) is 5.25. The summed E-state index contributed by atoms with van der Waals surface area (Å²) >= 11 is 3.05. The van der Waals surface area contributed by atoms with E-state index in [0.717, 1.165) is 30.6 Å². The lowest BCUT2D eigenvalue weighted by Crippen LogP contribution is -2.15. The molecule has 1 amide bonds. The van der Waals surface area contributed by atoms with Crippen molar-refractivity contribution in [1.82, 2.24) is 0 Å². The first-order valence-electron chi connectivity index (χ1n) is 10.4. The van der Waals surface area contributed by atoms with Crippen LogP contribution in [0.3, 0.4) is 0 Å². The molecule has 170 valence electrons. The third-order valence-corrected chi connectivity index (χ3v) is 9.10. The van der Waals surface area contributed by atoms with Gasteiger partial charge in [-0.1, -0.05) is 19.3 Å². The van der Waals surface area contributed by atoms with E-state index in [4.69, 9.17) is 0 Å². The minimum Gasteiger partial charge on any atom is -0.325 e. The number of rotatable bonds is 6. The third-order valence-electron chi connectivity index (χ3n) is 5.33. The Morgan fingerprint density at radius 3 is 2.66 bits per heavy atom. The number of non-ortho nitro benzene ring substituents is 1. The Labute approximate surface area is 195 Å². The fourth-order valence-electron chi connectivity index (χ4n) is 3.77. The molecule has 1 heterocycles. The Morgan fingerprint density at radius 1 is 1.12 bits per heavy atom. The number of nitro groups is 1. The maximum atomic E-state index is 13.0. The summed E-state index contributed by atoms with van der Waals surface area (Å²) < 4.78 is 28.5. The minimum atomic E-state index is -4.01. The molecule has 2 aromatic carbocycles. The van der Waals surface area contributed by atoms with Crippen LogP contribution in [-0.4, -0.2) is 30.3 Å². The molecule has 2 aromatic rings. The van der Waals surface area contributed by atoms with Crippen LogP contribution in [0.15, 0.2) is 51.1 Å². The summed E-state index contributed by atoms with van der Waals surface area (Å²) in [5.74, 6) is 0.458. The summed E-state index contributed by atoms with van der Waals surface area (Å²) in [5.41, 5.74) is 0.438. The van der Waals surface area contributed by atoms with E-state index in [0.29, 0.717) is 28.0 Å². The maximum absolute atomic E-state index is 13.0. The first-order chi connectivity index (χ1) is 15.3. The highest BCUT2D eigenvalue weighted by atomic mass is 32.2. The zero-order valence-corrected chi connectivity index (χ0v) is 19.7. The molecule has 32 heavy (non-hydrogen) atoms. The summed E-state index contributed by atoms with van der Waals surface area (Å²) in [4.78, 5) is 24.2. The summed E-state index contributed by atoms with van der Waals surface area (Å²) in [5, 5.41) is 14.5. The number of hydrogen-bond donors (Lipinski definition) is 2. The van der Waals surface area contributed by atoms with Crippen molar-refractivity contribution in [2.75, 3.05) is 15.8 Å². The average Bonchev–Trinajstić information content (AvgIpc) is 2.93. The molecule has 0 unspecified atom stereocenters. The van der Waals surface area contributed by atoms with Gasteiger partial charge < -0.3 is 5.32 Å². The number of amides is 1. The number of hydrogen-bond acceptors (Lipinski definition) is 7. The highest BCUT2D eigenvalue weighted by Crippen LogP contribution is 2.37. The lowest BCUT2D eigenvalue weighted by Gasteiger charge is -2.21.